The summed E-state index contributed by atoms with van der Waals surface area (Å²) < 4.78 is 5.90. The van der Waals surface area contributed by atoms with E-state index in [0.717, 1.165) is 23.9 Å². The van der Waals surface area contributed by atoms with Crippen LogP contribution < -0.4 is 5.73 Å². The van der Waals surface area contributed by atoms with Crippen LogP contribution in [0.3, 0.4) is 0 Å². The second kappa shape index (κ2) is 6.58. The summed E-state index contributed by atoms with van der Waals surface area (Å²) in [6.07, 6.45) is 6.23. The normalized spacial score (nSPS) is 25.7. The van der Waals surface area contributed by atoms with E-state index in [4.69, 9.17) is 10.2 Å². The summed E-state index contributed by atoms with van der Waals surface area (Å²) in [4.78, 5) is 2.44. The first-order chi connectivity index (χ1) is 9.15. The van der Waals surface area contributed by atoms with Crippen molar-refractivity contribution in [2.75, 3.05) is 13.6 Å². The Labute approximate surface area is 117 Å². The third kappa shape index (κ3) is 3.40. The van der Waals surface area contributed by atoms with Gasteiger partial charge in [-0.05, 0) is 37.9 Å². The fraction of sp³-hybridized carbons (Fsp3) is 0.750. The van der Waals surface area contributed by atoms with Gasteiger partial charge in [-0.1, -0.05) is 26.7 Å². The Morgan fingerprint density at radius 2 is 2.21 bits per heavy atom. The highest BCUT2D eigenvalue weighted by molar-refractivity contribution is 5.11. The minimum absolute atomic E-state index is 0.218. The molecule has 2 rings (SSSR count). The fourth-order valence-corrected chi connectivity index (χ4v) is 3.27. The molecule has 19 heavy (non-hydrogen) atoms. The number of hydrogen-bond donors (Lipinski definition) is 1. The van der Waals surface area contributed by atoms with Crippen LogP contribution in [0.5, 0.6) is 0 Å². The molecule has 1 saturated carbocycles. The van der Waals surface area contributed by atoms with Crippen molar-refractivity contribution in [3.8, 4) is 0 Å². The molecule has 1 fully saturated rings. The van der Waals surface area contributed by atoms with Crippen molar-refractivity contribution < 1.29 is 4.42 Å². The number of likely N-dealkylation sites (N-methyl/N-ethyl adjacent to an activating group) is 1. The second-order valence-electron chi connectivity index (χ2n) is 6.00. The number of furan rings is 1. The Kier molecular flexibility index (Phi) is 5.06. The molecule has 0 aromatic carbocycles. The lowest BCUT2D eigenvalue weighted by molar-refractivity contribution is 0.108. The van der Waals surface area contributed by atoms with Crippen LogP contribution >= 0.6 is 0 Å². The third-order valence-electron chi connectivity index (χ3n) is 4.56. The van der Waals surface area contributed by atoms with Crippen molar-refractivity contribution in [1.82, 2.24) is 4.90 Å². The molecule has 1 aromatic rings. The predicted molar refractivity (Wildman–Crippen MR) is 79.1 cm³/mol. The molecule has 0 bridgehead atoms. The Morgan fingerprint density at radius 1 is 1.42 bits per heavy atom. The molecular formula is C16H28N2O. The highest BCUT2D eigenvalue weighted by atomic mass is 16.3. The van der Waals surface area contributed by atoms with Gasteiger partial charge in [0.1, 0.15) is 11.5 Å². The first kappa shape index (κ1) is 14.6. The van der Waals surface area contributed by atoms with Gasteiger partial charge in [-0.3, -0.25) is 4.90 Å². The second-order valence-corrected chi connectivity index (χ2v) is 6.00. The minimum Gasteiger partial charge on any atom is -0.464 e. The van der Waals surface area contributed by atoms with Gasteiger partial charge in [0.05, 0.1) is 6.04 Å². The van der Waals surface area contributed by atoms with Crippen LogP contribution in [0.4, 0.5) is 0 Å². The summed E-state index contributed by atoms with van der Waals surface area (Å²) in [5.74, 6) is 2.92. The van der Waals surface area contributed by atoms with E-state index in [-0.39, 0.29) is 6.04 Å². The summed E-state index contributed by atoms with van der Waals surface area (Å²) in [6.45, 7) is 5.10. The molecule has 3 heteroatoms. The molecule has 3 unspecified atom stereocenters. The molecule has 3 atom stereocenters. The zero-order valence-electron chi connectivity index (χ0n) is 12.6. The van der Waals surface area contributed by atoms with Crippen LogP contribution in [0.15, 0.2) is 16.5 Å². The molecule has 0 amide bonds. The van der Waals surface area contributed by atoms with E-state index < -0.39 is 0 Å². The largest absolute Gasteiger partial charge is 0.464 e. The quantitative estimate of drug-likeness (QED) is 0.886. The maximum absolute atomic E-state index is 6.00. The van der Waals surface area contributed by atoms with Crippen LogP contribution in [0.25, 0.3) is 0 Å². The zero-order valence-corrected chi connectivity index (χ0v) is 12.6. The fourth-order valence-electron chi connectivity index (χ4n) is 3.27. The summed E-state index contributed by atoms with van der Waals surface area (Å²) in [5.41, 5.74) is 6.00. The van der Waals surface area contributed by atoms with Gasteiger partial charge in [-0.2, -0.15) is 0 Å². The smallest absolute Gasteiger partial charge is 0.122 e. The van der Waals surface area contributed by atoms with Crippen molar-refractivity contribution in [3.05, 3.63) is 23.7 Å². The molecular weight excluding hydrogens is 236 g/mol. The highest BCUT2D eigenvalue weighted by Gasteiger charge is 2.28. The third-order valence-corrected chi connectivity index (χ3v) is 4.56. The molecule has 108 valence electrons. The summed E-state index contributed by atoms with van der Waals surface area (Å²) in [6, 6.07) is 5.04. The van der Waals surface area contributed by atoms with Gasteiger partial charge in [0, 0.05) is 19.0 Å². The standard InChI is InChI=1S/C16H28N2O/c1-4-14-8-9-16(19-14)15(11-17)18(3)13-7-5-6-12(2)10-13/h8-9,12-13,15H,4-7,10-11,17H2,1-3H3. The molecule has 3 nitrogen and oxygen atoms in total. The van der Waals surface area contributed by atoms with E-state index in [9.17, 15) is 0 Å². The first-order valence-electron chi connectivity index (χ1n) is 7.66. The van der Waals surface area contributed by atoms with Crippen molar-refractivity contribution in [2.24, 2.45) is 11.7 Å². The number of rotatable bonds is 5. The Bertz CT molecular complexity index is 388. The molecule has 0 aliphatic heterocycles. The van der Waals surface area contributed by atoms with Crippen LogP contribution in [0.1, 0.15) is 57.1 Å². The van der Waals surface area contributed by atoms with Crippen molar-refractivity contribution in [3.63, 3.8) is 0 Å². The van der Waals surface area contributed by atoms with Gasteiger partial charge in [0.2, 0.25) is 0 Å². The average Bonchev–Trinajstić information content (AvgIpc) is 2.88. The van der Waals surface area contributed by atoms with E-state index in [0.29, 0.717) is 12.6 Å². The molecule has 0 spiro atoms. The van der Waals surface area contributed by atoms with Crippen molar-refractivity contribution >= 4 is 0 Å². The maximum Gasteiger partial charge on any atom is 0.122 e. The van der Waals surface area contributed by atoms with Crippen molar-refractivity contribution in [1.29, 1.82) is 0 Å². The molecule has 1 aromatic heterocycles. The number of aryl methyl sites for hydroxylation is 1. The first-order valence-corrected chi connectivity index (χ1v) is 7.66. The lowest BCUT2D eigenvalue weighted by Crippen LogP contribution is -2.40. The summed E-state index contributed by atoms with van der Waals surface area (Å²) in [5, 5.41) is 0. The predicted octanol–water partition coefficient (Wildman–Crippen LogP) is 3.35. The number of nitrogens with zero attached hydrogens (tertiary/aromatic N) is 1. The maximum atomic E-state index is 6.00. The van der Waals surface area contributed by atoms with Gasteiger partial charge >= 0.3 is 0 Å². The van der Waals surface area contributed by atoms with E-state index in [1.807, 2.05) is 0 Å². The van der Waals surface area contributed by atoms with E-state index >= 15 is 0 Å². The van der Waals surface area contributed by atoms with Gasteiger partial charge in [-0.25, -0.2) is 0 Å². The van der Waals surface area contributed by atoms with E-state index in [1.165, 1.54) is 25.7 Å². The summed E-state index contributed by atoms with van der Waals surface area (Å²) >= 11 is 0. The van der Waals surface area contributed by atoms with Gasteiger partial charge in [-0.15, -0.1) is 0 Å². The van der Waals surface area contributed by atoms with E-state index in [1.54, 1.807) is 0 Å². The average molecular weight is 264 g/mol. The van der Waals surface area contributed by atoms with Crippen LogP contribution in [-0.4, -0.2) is 24.5 Å². The SMILES string of the molecule is CCc1ccc(C(CN)N(C)C2CCCC(C)C2)o1. The lowest BCUT2D eigenvalue weighted by atomic mass is 9.86. The highest BCUT2D eigenvalue weighted by Crippen LogP contribution is 2.31. The lowest BCUT2D eigenvalue weighted by Gasteiger charge is -2.37. The topological polar surface area (TPSA) is 42.4 Å². The Balaban J connectivity index is 2.07. The van der Waals surface area contributed by atoms with Gasteiger partial charge in [0.25, 0.3) is 0 Å². The Hall–Kier alpha value is -0.800. The van der Waals surface area contributed by atoms with Crippen LogP contribution in [0, 0.1) is 5.92 Å². The van der Waals surface area contributed by atoms with Crippen LogP contribution in [0.2, 0.25) is 0 Å². The van der Waals surface area contributed by atoms with Gasteiger partial charge in [0.15, 0.2) is 0 Å². The van der Waals surface area contributed by atoms with Crippen LogP contribution in [-0.2, 0) is 6.42 Å². The minimum atomic E-state index is 0.218. The molecule has 1 aliphatic carbocycles. The molecule has 0 radical (unpaired) electrons. The molecule has 1 heterocycles. The molecule has 2 N–H and O–H groups in total. The summed E-state index contributed by atoms with van der Waals surface area (Å²) in [7, 11) is 2.20. The van der Waals surface area contributed by atoms with Gasteiger partial charge < -0.3 is 10.2 Å². The van der Waals surface area contributed by atoms with E-state index in [2.05, 4.69) is 37.9 Å². The molecule has 0 saturated heterocycles. The Morgan fingerprint density at radius 3 is 2.79 bits per heavy atom. The van der Waals surface area contributed by atoms with Crippen molar-refractivity contribution in [2.45, 2.75) is 58.0 Å². The monoisotopic (exact) mass is 264 g/mol. The number of hydrogen-bond acceptors (Lipinski definition) is 3. The number of nitrogens with two attached hydrogens (primary N) is 1. The zero-order chi connectivity index (χ0) is 13.8. The molecule has 1 aliphatic rings.